The standard InChI is InChI=1S/C24H27N3O3/c1-2-3-13-30-24(29)27-16-18-9-7-17(8-10-18)15-26-23(28)22-6-4-5-19-14-20(25)11-12-21(19)22/h4-12,14H,2-3,13,15-16,25H2,1H3,(H,26,28)(H,27,29). The Balaban J connectivity index is 1.53. The topological polar surface area (TPSA) is 93.5 Å². The molecule has 2 amide bonds. The van der Waals surface area contributed by atoms with E-state index < -0.39 is 6.09 Å². The Morgan fingerprint density at radius 3 is 2.33 bits per heavy atom. The van der Waals surface area contributed by atoms with Crippen LogP contribution in [0.1, 0.15) is 41.3 Å². The van der Waals surface area contributed by atoms with Crippen molar-refractivity contribution in [3.63, 3.8) is 0 Å². The summed E-state index contributed by atoms with van der Waals surface area (Å²) in [5.74, 6) is -0.133. The molecule has 0 aromatic heterocycles. The predicted octanol–water partition coefficient (Wildman–Crippen LogP) is 4.38. The monoisotopic (exact) mass is 405 g/mol. The number of hydrogen-bond donors (Lipinski definition) is 3. The molecule has 3 aromatic carbocycles. The van der Waals surface area contributed by atoms with Gasteiger partial charge in [0.05, 0.1) is 6.61 Å². The van der Waals surface area contributed by atoms with Crippen LogP contribution in [0.15, 0.2) is 60.7 Å². The van der Waals surface area contributed by atoms with Gasteiger partial charge < -0.3 is 21.1 Å². The van der Waals surface area contributed by atoms with Crippen molar-refractivity contribution in [1.29, 1.82) is 0 Å². The normalized spacial score (nSPS) is 10.6. The number of alkyl carbamates (subject to hydrolysis) is 1. The molecule has 0 saturated carbocycles. The van der Waals surface area contributed by atoms with Gasteiger partial charge in [-0.25, -0.2) is 4.79 Å². The molecule has 0 bridgehead atoms. The van der Waals surface area contributed by atoms with Gasteiger partial charge >= 0.3 is 6.09 Å². The van der Waals surface area contributed by atoms with E-state index in [1.807, 2.05) is 61.5 Å². The third-order valence-electron chi connectivity index (χ3n) is 4.79. The number of amides is 2. The molecule has 6 nitrogen and oxygen atoms in total. The lowest BCUT2D eigenvalue weighted by atomic mass is 10.0. The third-order valence-corrected chi connectivity index (χ3v) is 4.79. The number of nitrogens with two attached hydrogens (primary N) is 1. The Morgan fingerprint density at radius 1 is 0.933 bits per heavy atom. The molecular formula is C24H27N3O3. The SMILES string of the molecule is CCCCOC(=O)NCc1ccc(CNC(=O)c2cccc3cc(N)ccc23)cc1. The van der Waals surface area contributed by atoms with Gasteiger partial charge in [0.1, 0.15) is 0 Å². The van der Waals surface area contributed by atoms with E-state index in [0.717, 1.165) is 34.7 Å². The fourth-order valence-corrected chi connectivity index (χ4v) is 3.09. The molecule has 0 aliphatic heterocycles. The molecule has 0 aliphatic rings. The number of unbranched alkanes of at least 4 members (excludes halogenated alkanes) is 1. The molecule has 0 fully saturated rings. The third kappa shape index (κ3) is 5.73. The molecule has 0 heterocycles. The second kappa shape index (κ2) is 10.3. The number of nitrogens with one attached hydrogen (secondary N) is 2. The maximum absolute atomic E-state index is 12.7. The Labute approximate surface area is 176 Å². The second-order valence-electron chi connectivity index (χ2n) is 7.13. The van der Waals surface area contributed by atoms with Gasteiger partial charge in [-0.15, -0.1) is 0 Å². The summed E-state index contributed by atoms with van der Waals surface area (Å²) in [4.78, 5) is 24.3. The van der Waals surface area contributed by atoms with Crippen LogP contribution >= 0.6 is 0 Å². The molecular weight excluding hydrogens is 378 g/mol. The molecule has 156 valence electrons. The summed E-state index contributed by atoms with van der Waals surface area (Å²) >= 11 is 0. The van der Waals surface area contributed by atoms with Crippen molar-refractivity contribution in [2.45, 2.75) is 32.9 Å². The summed E-state index contributed by atoms with van der Waals surface area (Å²) in [6.07, 6.45) is 1.44. The molecule has 0 spiro atoms. The van der Waals surface area contributed by atoms with E-state index in [0.29, 0.717) is 30.9 Å². The van der Waals surface area contributed by atoms with E-state index >= 15 is 0 Å². The number of fused-ring (bicyclic) bond motifs is 1. The number of benzene rings is 3. The van der Waals surface area contributed by atoms with Crippen LogP contribution in [0.4, 0.5) is 10.5 Å². The van der Waals surface area contributed by atoms with E-state index in [1.54, 1.807) is 6.07 Å². The molecule has 4 N–H and O–H groups in total. The van der Waals surface area contributed by atoms with Crippen LogP contribution in [0.5, 0.6) is 0 Å². The van der Waals surface area contributed by atoms with E-state index in [4.69, 9.17) is 10.5 Å². The highest BCUT2D eigenvalue weighted by atomic mass is 16.5. The summed E-state index contributed by atoms with van der Waals surface area (Å²) < 4.78 is 5.07. The summed E-state index contributed by atoms with van der Waals surface area (Å²) in [7, 11) is 0. The van der Waals surface area contributed by atoms with Crippen LogP contribution in [0.25, 0.3) is 10.8 Å². The summed E-state index contributed by atoms with van der Waals surface area (Å²) in [6, 6.07) is 18.8. The molecule has 0 saturated heterocycles. The van der Waals surface area contributed by atoms with E-state index in [1.165, 1.54) is 0 Å². The van der Waals surface area contributed by atoms with Gasteiger partial charge in [0.25, 0.3) is 5.91 Å². The van der Waals surface area contributed by atoms with Crippen molar-refractivity contribution in [1.82, 2.24) is 10.6 Å². The van der Waals surface area contributed by atoms with Crippen molar-refractivity contribution in [3.05, 3.63) is 77.4 Å². The summed E-state index contributed by atoms with van der Waals surface area (Å²) in [6.45, 7) is 3.29. The van der Waals surface area contributed by atoms with Crippen molar-refractivity contribution in [2.24, 2.45) is 0 Å². The van der Waals surface area contributed by atoms with Crippen molar-refractivity contribution < 1.29 is 14.3 Å². The second-order valence-corrected chi connectivity index (χ2v) is 7.13. The lowest BCUT2D eigenvalue weighted by Gasteiger charge is -2.10. The van der Waals surface area contributed by atoms with Gasteiger partial charge in [-0.05, 0) is 46.5 Å². The average Bonchev–Trinajstić information content (AvgIpc) is 2.76. The smallest absolute Gasteiger partial charge is 0.407 e. The van der Waals surface area contributed by atoms with Crippen LogP contribution in [0.2, 0.25) is 0 Å². The highest BCUT2D eigenvalue weighted by molar-refractivity contribution is 6.07. The Morgan fingerprint density at radius 2 is 1.63 bits per heavy atom. The first-order valence-corrected chi connectivity index (χ1v) is 10.1. The maximum atomic E-state index is 12.7. The van der Waals surface area contributed by atoms with Crippen LogP contribution in [-0.2, 0) is 17.8 Å². The minimum absolute atomic E-state index is 0.133. The fourth-order valence-electron chi connectivity index (χ4n) is 3.09. The maximum Gasteiger partial charge on any atom is 0.407 e. The van der Waals surface area contributed by atoms with Gasteiger partial charge in [0.15, 0.2) is 0 Å². The van der Waals surface area contributed by atoms with Crippen molar-refractivity contribution in [3.8, 4) is 0 Å². The lowest BCUT2D eigenvalue weighted by Crippen LogP contribution is -2.24. The van der Waals surface area contributed by atoms with Gasteiger partial charge in [-0.3, -0.25) is 4.79 Å². The first kappa shape index (κ1) is 21.2. The van der Waals surface area contributed by atoms with Crippen LogP contribution < -0.4 is 16.4 Å². The quantitative estimate of drug-likeness (QED) is 0.383. The summed E-state index contributed by atoms with van der Waals surface area (Å²) in [5.41, 5.74) is 9.06. The molecule has 0 unspecified atom stereocenters. The number of anilines is 1. The zero-order valence-corrected chi connectivity index (χ0v) is 17.1. The average molecular weight is 405 g/mol. The molecule has 3 aromatic rings. The van der Waals surface area contributed by atoms with Crippen molar-refractivity contribution >= 4 is 28.5 Å². The number of carbonyl (C=O) groups is 2. The predicted molar refractivity (Wildman–Crippen MR) is 119 cm³/mol. The fraction of sp³-hybridized carbons (Fsp3) is 0.250. The Kier molecular flexibility index (Phi) is 7.27. The molecule has 0 aliphatic carbocycles. The minimum atomic E-state index is -0.406. The van der Waals surface area contributed by atoms with Crippen LogP contribution in [-0.4, -0.2) is 18.6 Å². The number of hydrogen-bond acceptors (Lipinski definition) is 4. The first-order valence-electron chi connectivity index (χ1n) is 10.1. The number of carbonyl (C=O) groups excluding carboxylic acids is 2. The van der Waals surface area contributed by atoms with Gasteiger partial charge in [0, 0.05) is 24.3 Å². The van der Waals surface area contributed by atoms with Gasteiger partial charge in [-0.2, -0.15) is 0 Å². The first-order chi connectivity index (χ1) is 14.6. The molecule has 6 heteroatoms. The van der Waals surface area contributed by atoms with Gasteiger partial charge in [0.2, 0.25) is 0 Å². The molecule has 0 radical (unpaired) electrons. The Hall–Kier alpha value is -3.54. The van der Waals surface area contributed by atoms with E-state index in [9.17, 15) is 9.59 Å². The van der Waals surface area contributed by atoms with Crippen LogP contribution in [0.3, 0.4) is 0 Å². The Bertz CT molecular complexity index is 1020. The highest BCUT2D eigenvalue weighted by Crippen LogP contribution is 2.21. The molecule has 3 rings (SSSR count). The zero-order valence-electron chi connectivity index (χ0n) is 17.1. The molecule has 30 heavy (non-hydrogen) atoms. The molecule has 0 atom stereocenters. The highest BCUT2D eigenvalue weighted by Gasteiger charge is 2.10. The number of ether oxygens (including phenoxy) is 1. The number of rotatable bonds is 8. The number of nitrogen functional groups attached to an aromatic ring is 1. The van der Waals surface area contributed by atoms with Crippen LogP contribution in [0, 0.1) is 0 Å². The summed E-state index contributed by atoms with van der Waals surface area (Å²) in [5, 5.41) is 7.50. The van der Waals surface area contributed by atoms with E-state index in [2.05, 4.69) is 10.6 Å². The minimum Gasteiger partial charge on any atom is -0.450 e. The zero-order chi connectivity index (χ0) is 21.3. The van der Waals surface area contributed by atoms with Gasteiger partial charge in [-0.1, -0.05) is 55.8 Å². The van der Waals surface area contributed by atoms with E-state index in [-0.39, 0.29) is 5.91 Å². The lowest BCUT2D eigenvalue weighted by molar-refractivity contribution is 0.0952. The van der Waals surface area contributed by atoms with Crippen molar-refractivity contribution in [2.75, 3.05) is 12.3 Å². The largest absolute Gasteiger partial charge is 0.450 e.